The van der Waals surface area contributed by atoms with Crippen molar-refractivity contribution < 1.29 is 8.42 Å². The highest BCUT2D eigenvalue weighted by atomic mass is 35.5. The van der Waals surface area contributed by atoms with Gasteiger partial charge in [0.2, 0.25) is 0 Å². The number of aromatic amines is 1. The largest absolute Gasteiger partial charge is 0.306 e. The van der Waals surface area contributed by atoms with E-state index in [1.807, 2.05) is 0 Å². The van der Waals surface area contributed by atoms with Gasteiger partial charge in [-0.25, -0.2) is 13.4 Å². The second kappa shape index (κ2) is 5.23. The van der Waals surface area contributed by atoms with Gasteiger partial charge in [-0.1, -0.05) is 23.7 Å². The summed E-state index contributed by atoms with van der Waals surface area (Å²) in [4.78, 5) is 19.1. The molecule has 0 unspecified atom stereocenters. The first-order chi connectivity index (χ1) is 10.4. The number of benzene rings is 2. The van der Waals surface area contributed by atoms with Gasteiger partial charge in [-0.05, 0) is 30.3 Å². The Kier molecular flexibility index (Phi) is 3.50. The average Bonchev–Trinajstić information content (AvgIpc) is 2.46. The third-order valence-corrected chi connectivity index (χ3v) is 4.58. The van der Waals surface area contributed by atoms with Crippen molar-refractivity contribution in [2.75, 3.05) is 6.26 Å². The zero-order valence-corrected chi connectivity index (χ0v) is 13.1. The summed E-state index contributed by atoms with van der Waals surface area (Å²) in [7, 11) is -3.52. The summed E-state index contributed by atoms with van der Waals surface area (Å²) in [5, 5.41) is 0.744. The van der Waals surface area contributed by atoms with Crippen LogP contribution in [0.25, 0.3) is 22.3 Å². The topological polar surface area (TPSA) is 79.9 Å². The molecule has 0 aliphatic heterocycles. The molecule has 112 valence electrons. The van der Waals surface area contributed by atoms with Crippen LogP contribution >= 0.6 is 11.6 Å². The first-order valence-corrected chi connectivity index (χ1v) is 8.62. The molecule has 1 aromatic heterocycles. The molecule has 0 aliphatic rings. The molecule has 0 aliphatic carbocycles. The van der Waals surface area contributed by atoms with E-state index in [1.54, 1.807) is 30.3 Å². The van der Waals surface area contributed by atoms with E-state index in [0.717, 1.165) is 6.26 Å². The van der Waals surface area contributed by atoms with Gasteiger partial charge >= 0.3 is 0 Å². The minimum Gasteiger partial charge on any atom is -0.306 e. The fourth-order valence-corrected chi connectivity index (χ4v) is 3.35. The standard InChI is InChI=1S/C15H11ClN2O3S/c1-22(20,21)13-8-9(16)6-7-11(13)14-17-12-5-3-2-4-10(12)15(19)18-14/h2-8H,1H3,(H,17,18,19). The number of fused-ring (bicyclic) bond motifs is 1. The number of para-hydroxylation sites is 1. The number of nitrogens with one attached hydrogen (secondary N) is 1. The van der Waals surface area contributed by atoms with Crippen molar-refractivity contribution in [3.8, 4) is 11.4 Å². The number of sulfone groups is 1. The van der Waals surface area contributed by atoms with Crippen LogP contribution in [-0.2, 0) is 9.84 Å². The lowest BCUT2D eigenvalue weighted by Gasteiger charge is -2.08. The maximum absolute atomic E-state index is 12.1. The van der Waals surface area contributed by atoms with Crippen LogP contribution in [0.5, 0.6) is 0 Å². The minimum atomic E-state index is -3.52. The van der Waals surface area contributed by atoms with Crippen molar-refractivity contribution in [1.82, 2.24) is 9.97 Å². The Morgan fingerprint density at radius 1 is 1.14 bits per heavy atom. The molecule has 0 amide bonds. The highest BCUT2D eigenvalue weighted by molar-refractivity contribution is 7.90. The Balaban J connectivity index is 2.36. The zero-order valence-electron chi connectivity index (χ0n) is 11.5. The summed E-state index contributed by atoms with van der Waals surface area (Å²) in [6.45, 7) is 0. The summed E-state index contributed by atoms with van der Waals surface area (Å²) >= 11 is 5.88. The van der Waals surface area contributed by atoms with Gasteiger partial charge < -0.3 is 4.98 Å². The minimum absolute atomic E-state index is 0.0263. The number of H-pyrrole nitrogens is 1. The lowest BCUT2D eigenvalue weighted by atomic mass is 10.2. The maximum Gasteiger partial charge on any atom is 0.259 e. The molecule has 0 fully saturated rings. The van der Waals surface area contributed by atoms with Gasteiger partial charge in [0.25, 0.3) is 5.56 Å². The Labute approximate surface area is 131 Å². The molecule has 0 atom stereocenters. The number of hydrogen-bond acceptors (Lipinski definition) is 4. The SMILES string of the molecule is CS(=O)(=O)c1cc(Cl)ccc1-c1nc2ccccc2c(=O)[nH]1. The first kappa shape index (κ1) is 14.7. The van der Waals surface area contributed by atoms with Gasteiger partial charge in [0.1, 0.15) is 5.82 Å². The molecule has 1 N–H and O–H groups in total. The third kappa shape index (κ3) is 2.63. The lowest BCUT2D eigenvalue weighted by molar-refractivity contribution is 0.602. The monoisotopic (exact) mass is 334 g/mol. The number of hydrogen-bond donors (Lipinski definition) is 1. The molecule has 22 heavy (non-hydrogen) atoms. The highest BCUT2D eigenvalue weighted by Crippen LogP contribution is 2.27. The summed E-state index contributed by atoms with van der Waals surface area (Å²) in [5.74, 6) is 0.195. The molecule has 2 aromatic carbocycles. The molecule has 0 saturated carbocycles. The van der Waals surface area contributed by atoms with Gasteiger partial charge in [0.15, 0.2) is 9.84 Å². The van der Waals surface area contributed by atoms with Gasteiger partial charge in [0, 0.05) is 16.8 Å². The van der Waals surface area contributed by atoms with Gasteiger partial charge in [-0.2, -0.15) is 0 Å². The number of halogens is 1. The number of rotatable bonds is 2. The van der Waals surface area contributed by atoms with E-state index in [-0.39, 0.29) is 16.3 Å². The molecule has 3 aromatic rings. The zero-order chi connectivity index (χ0) is 15.9. The number of nitrogens with zero attached hydrogens (tertiary/aromatic N) is 1. The van der Waals surface area contributed by atoms with E-state index in [0.29, 0.717) is 21.5 Å². The molecular formula is C15H11ClN2O3S. The molecule has 0 radical (unpaired) electrons. The van der Waals surface area contributed by atoms with Gasteiger partial charge in [0.05, 0.1) is 15.8 Å². The van der Waals surface area contributed by atoms with Crippen molar-refractivity contribution in [3.05, 3.63) is 57.8 Å². The lowest BCUT2D eigenvalue weighted by Crippen LogP contribution is -2.11. The van der Waals surface area contributed by atoms with Crippen LogP contribution in [0.2, 0.25) is 5.02 Å². The molecule has 5 nitrogen and oxygen atoms in total. The fraction of sp³-hybridized carbons (Fsp3) is 0.0667. The Morgan fingerprint density at radius 2 is 1.86 bits per heavy atom. The fourth-order valence-electron chi connectivity index (χ4n) is 2.21. The number of aromatic nitrogens is 2. The Morgan fingerprint density at radius 3 is 2.59 bits per heavy atom. The molecular weight excluding hydrogens is 324 g/mol. The molecule has 0 bridgehead atoms. The van der Waals surface area contributed by atoms with Crippen LogP contribution in [-0.4, -0.2) is 24.6 Å². The van der Waals surface area contributed by atoms with E-state index in [1.165, 1.54) is 12.1 Å². The molecule has 3 rings (SSSR count). The smallest absolute Gasteiger partial charge is 0.259 e. The predicted octanol–water partition coefficient (Wildman–Crippen LogP) is 2.65. The summed E-state index contributed by atoms with van der Waals surface area (Å²) in [6.07, 6.45) is 1.08. The quantitative estimate of drug-likeness (QED) is 0.781. The average molecular weight is 335 g/mol. The Hall–Kier alpha value is -2.18. The van der Waals surface area contributed by atoms with Gasteiger partial charge in [-0.15, -0.1) is 0 Å². The summed E-state index contributed by atoms with van der Waals surface area (Å²) < 4.78 is 23.9. The van der Waals surface area contributed by atoms with E-state index < -0.39 is 9.84 Å². The van der Waals surface area contributed by atoms with E-state index >= 15 is 0 Å². The van der Waals surface area contributed by atoms with Crippen LogP contribution in [0, 0.1) is 0 Å². The van der Waals surface area contributed by atoms with E-state index in [2.05, 4.69) is 9.97 Å². The maximum atomic E-state index is 12.1. The molecule has 0 spiro atoms. The summed E-state index contributed by atoms with van der Waals surface area (Å²) in [6, 6.07) is 11.3. The van der Waals surface area contributed by atoms with Gasteiger partial charge in [-0.3, -0.25) is 4.79 Å². The van der Waals surface area contributed by atoms with Crippen LogP contribution in [0.3, 0.4) is 0 Å². The van der Waals surface area contributed by atoms with E-state index in [4.69, 9.17) is 11.6 Å². The van der Waals surface area contributed by atoms with Crippen molar-refractivity contribution in [1.29, 1.82) is 0 Å². The third-order valence-electron chi connectivity index (χ3n) is 3.21. The second-order valence-corrected chi connectivity index (χ2v) is 7.26. The molecule has 7 heteroatoms. The van der Waals surface area contributed by atoms with Crippen LogP contribution < -0.4 is 5.56 Å². The first-order valence-electron chi connectivity index (χ1n) is 6.35. The van der Waals surface area contributed by atoms with Crippen molar-refractivity contribution in [2.45, 2.75) is 4.90 Å². The van der Waals surface area contributed by atoms with Crippen LogP contribution in [0.4, 0.5) is 0 Å². The molecule has 1 heterocycles. The Bertz CT molecular complexity index is 1040. The predicted molar refractivity (Wildman–Crippen MR) is 85.9 cm³/mol. The highest BCUT2D eigenvalue weighted by Gasteiger charge is 2.17. The second-order valence-electron chi connectivity index (χ2n) is 4.84. The van der Waals surface area contributed by atoms with E-state index in [9.17, 15) is 13.2 Å². The van der Waals surface area contributed by atoms with Crippen molar-refractivity contribution in [2.24, 2.45) is 0 Å². The van der Waals surface area contributed by atoms with Crippen LogP contribution in [0.15, 0.2) is 52.2 Å². The normalized spacial score (nSPS) is 11.7. The van der Waals surface area contributed by atoms with Crippen molar-refractivity contribution in [3.63, 3.8) is 0 Å². The van der Waals surface area contributed by atoms with Crippen molar-refractivity contribution >= 4 is 32.3 Å². The van der Waals surface area contributed by atoms with Crippen LogP contribution in [0.1, 0.15) is 0 Å². The molecule has 0 saturated heterocycles. The summed E-state index contributed by atoms with van der Waals surface area (Å²) in [5.41, 5.74) is 0.486.